The minimum Gasteiger partial charge on any atom is -0.292 e. The summed E-state index contributed by atoms with van der Waals surface area (Å²) < 4.78 is 3.35. The first-order valence-corrected chi connectivity index (χ1v) is 7.99. The van der Waals surface area contributed by atoms with Crippen LogP contribution in [-0.2, 0) is 0 Å². The molecular formula is C19H11BrN2. The Labute approximate surface area is 135 Å². The van der Waals surface area contributed by atoms with Gasteiger partial charge in [-0.25, -0.2) is 4.98 Å². The number of fused-ring (bicyclic) bond motifs is 8. The quantitative estimate of drug-likeness (QED) is 0.335. The molecule has 0 spiro atoms. The Hall–Kier alpha value is -2.39. The zero-order valence-corrected chi connectivity index (χ0v) is 13.2. The molecule has 0 aliphatic heterocycles. The molecule has 2 heterocycles. The van der Waals surface area contributed by atoms with Gasteiger partial charge < -0.3 is 0 Å². The van der Waals surface area contributed by atoms with E-state index in [0.717, 1.165) is 21.2 Å². The lowest BCUT2D eigenvalue weighted by Crippen LogP contribution is -1.91. The van der Waals surface area contributed by atoms with Crippen LogP contribution in [0, 0.1) is 0 Å². The SMILES string of the molecule is Brc1ccc2c(c1)c1ccccc1n1c3ccccc3nc21. The fourth-order valence-electron chi connectivity index (χ4n) is 3.28. The third-order valence-corrected chi connectivity index (χ3v) is 4.71. The van der Waals surface area contributed by atoms with Crippen LogP contribution in [0.15, 0.2) is 71.2 Å². The molecule has 5 rings (SSSR count). The van der Waals surface area contributed by atoms with Crippen molar-refractivity contribution < 1.29 is 0 Å². The van der Waals surface area contributed by atoms with Gasteiger partial charge >= 0.3 is 0 Å². The first-order chi connectivity index (χ1) is 10.8. The molecule has 0 saturated carbocycles. The van der Waals surface area contributed by atoms with E-state index in [1.165, 1.54) is 21.7 Å². The van der Waals surface area contributed by atoms with Crippen molar-refractivity contribution in [2.24, 2.45) is 0 Å². The highest BCUT2D eigenvalue weighted by molar-refractivity contribution is 9.10. The molecule has 3 heteroatoms. The van der Waals surface area contributed by atoms with Gasteiger partial charge in [-0.1, -0.05) is 46.3 Å². The Balaban J connectivity index is 2.22. The van der Waals surface area contributed by atoms with Gasteiger partial charge in [-0.15, -0.1) is 0 Å². The van der Waals surface area contributed by atoms with Gasteiger partial charge in [-0.2, -0.15) is 0 Å². The third-order valence-electron chi connectivity index (χ3n) is 4.22. The molecule has 22 heavy (non-hydrogen) atoms. The number of benzene rings is 3. The van der Waals surface area contributed by atoms with Gasteiger partial charge in [0, 0.05) is 15.2 Å². The molecule has 2 nitrogen and oxygen atoms in total. The van der Waals surface area contributed by atoms with E-state index in [1.807, 2.05) is 6.07 Å². The van der Waals surface area contributed by atoms with Crippen LogP contribution in [0.25, 0.3) is 38.4 Å². The molecule has 2 aromatic heterocycles. The van der Waals surface area contributed by atoms with Crippen molar-refractivity contribution in [2.75, 3.05) is 0 Å². The van der Waals surface area contributed by atoms with Crippen LogP contribution >= 0.6 is 15.9 Å². The minimum atomic E-state index is 1.02. The van der Waals surface area contributed by atoms with Crippen LogP contribution in [0.5, 0.6) is 0 Å². The molecule has 0 amide bonds. The molecule has 0 saturated heterocycles. The second-order valence-electron chi connectivity index (χ2n) is 5.47. The summed E-state index contributed by atoms with van der Waals surface area (Å²) in [6, 6.07) is 23.2. The molecule has 0 radical (unpaired) electrons. The van der Waals surface area contributed by atoms with Gasteiger partial charge in [-0.3, -0.25) is 4.40 Å². The van der Waals surface area contributed by atoms with Gasteiger partial charge in [0.2, 0.25) is 0 Å². The van der Waals surface area contributed by atoms with Crippen LogP contribution in [0.4, 0.5) is 0 Å². The molecular weight excluding hydrogens is 336 g/mol. The van der Waals surface area contributed by atoms with Gasteiger partial charge in [0.15, 0.2) is 0 Å². The third kappa shape index (κ3) is 1.52. The van der Waals surface area contributed by atoms with E-state index in [-0.39, 0.29) is 0 Å². The van der Waals surface area contributed by atoms with Crippen molar-refractivity contribution in [1.29, 1.82) is 0 Å². The summed E-state index contributed by atoms with van der Waals surface area (Å²) in [6.45, 7) is 0. The fraction of sp³-hybridized carbons (Fsp3) is 0. The normalized spacial score (nSPS) is 11.9. The molecule has 0 aliphatic carbocycles. The molecule has 3 aromatic carbocycles. The topological polar surface area (TPSA) is 17.3 Å². The number of pyridine rings is 1. The maximum Gasteiger partial charge on any atom is 0.146 e. The second-order valence-corrected chi connectivity index (χ2v) is 6.38. The fourth-order valence-corrected chi connectivity index (χ4v) is 3.64. The van der Waals surface area contributed by atoms with Crippen molar-refractivity contribution in [3.63, 3.8) is 0 Å². The van der Waals surface area contributed by atoms with Crippen LogP contribution < -0.4 is 0 Å². The molecule has 0 aliphatic rings. The van der Waals surface area contributed by atoms with E-state index in [1.54, 1.807) is 0 Å². The van der Waals surface area contributed by atoms with Gasteiger partial charge in [0.05, 0.1) is 16.6 Å². The lowest BCUT2D eigenvalue weighted by Gasteiger charge is -2.09. The zero-order chi connectivity index (χ0) is 14.7. The second kappa shape index (κ2) is 4.31. The number of hydrogen-bond donors (Lipinski definition) is 0. The smallest absolute Gasteiger partial charge is 0.146 e. The number of para-hydroxylation sites is 3. The maximum absolute atomic E-state index is 4.87. The van der Waals surface area contributed by atoms with Crippen LogP contribution in [0.1, 0.15) is 0 Å². The average Bonchev–Trinajstić information content (AvgIpc) is 2.94. The van der Waals surface area contributed by atoms with Crippen LogP contribution in [0.3, 0.4) is 0 Å². The largest absolute Gasteiger partial charge is 0.292 e. The Kier molecular flexibility index (Phi) is 2.38. The Bertz CT molecular complexity index is 1190. The Morgan fingerprint density at radius 3 is 2.41 bits per heavy atom. The summed E-state index contributed by atoms with van der Waals surface area (Å²) in [7, 11) is 0. The summed E-state index contributed by atoms with van der Waals surface area (Å²) in [5.41, 5.74) is 4.39. The summed E-state index contributed by atoms with van der Waals surface area (Å²) in [5.74, 6) is 0. The number of aromatic nitrogens is 2. The highest BCUT2D eigenvalue weighted by Crippen LogP contribution is 2.33. The van der Waals surface area contributed by atoms with Crippen molar-refractivity contribution in [3.05, 3.63) is 71.2 Å². The van der Waals surface area contributed by atoms with E-state index in [4.69, 9.17) is 4.98 Å². The van der Waals surface area contributed by atoms with E-state index in [2.05, 4.69) is 81.0 Å². The number of rotatable bonds is 0. The predicted molar refractivity (Wildman–Crippen MR) is 95.4 cm³/mol. The van der Waals surface area contributed by atoms with Gasteiger partial charge in [0.25, 0.3) is 0 Å². The van der Waals surface area contributed by atoms with Crippen LogP contribution in [0.2, 0.25) is 0 Å². The van der Waals surface area contributed by atoms with Crippen LogP contribution in [-0.4, -0.2) is 9.38 Å². The maximum atomic E-state index is 4.87. The van der Waals surface area contributed by atoms with Gasteiger partial charge in [-0.05, 0) is 41.8 Å². The number of nitrogens with zero attached hydrogens (tertiary/aromatic N) is 2. The summed E-state index contributed by atoms with van der Waals surface area (Å²) in [4.78, 5) is 4.87. The van der Waals surface area contributed by atoms with Crippen molar-refractivity contribution in [2.45, 2.75) is 0 Å². The zero-order valence-electron chi connectivity index (χ0n) is 11.6. The standard InChI is InChI=1S/C19H11BrN2/c20-12-9-10-14-15(11-12)13-5-1-3-7-17(13)22-18-8-4-2-6-16(18)21-19(14)22/h1-11H. The molecule has 0 unspecified atom stereocenters. The van der Waals surface area contributed by atoms with E-state index < -0.39 is 0 Å². The number of halogens is 1. The van der Waals surface area contributed by atoms with Gasteiger partial charge in [0.1, 0.15) is 5.65 Å². The lowest BCUT2D eigenvalue weighted by atomic mass is 10.1. The minimum absolute atomic E-state index is 1.02. The highest BCUT2D eigenvalue weighted by Gasteiger charge is 2.12. The first-order valence-electron chi connectivity index (χ1n) is 7.20. The number of hydrogen-bond acceptors (Lipinski definition) is 1. The van der Waals surface area contributed by atoms with Crippen molar-refractivity contribution >= 4 is 54.3 Å². The molecule has 0 atom stereocenters. The highest BCUT2D eigenvalue weighted by atomic mass is 79.9. The van der Waals surface area contributed by atoms with Crippen molar-refractivity contribution in [1.82, 2.24) is 9.38 Å². The molecule has 104 valence electrons. The summed E-state index contributed by atoms with van der Waals surface area (Å²) in [6.07, 6.45) is 0. The molecule has 0 bridgehead atoms. The Morgan fingerprint density at radius 1 is 0.727 bits per heavy atom. The van der Waals surface area contributed by atoms with Crippen molar-refractivity contribution in [3.8, 4) is 0 Å². The predicted octanol–water partition coefficient (Wildman–Crippen LogP) is 5.56. The molecule has 5 aromatic rings. The average molecular weight is 347 g/mol. The van der Waals surface area contributed by atoms with E-state index in [9.17, 15) is 0 Å². The first kappa shape index (κ1) is 12.2. The summed E-state index contributed by atoms with van der Waals surface area (Å²) >= 11 is 3.59. The van der Waals surface area contributed by atoms with E-state index in [0.29, 0.717) is 0 Å². The lowest BCUT2D eigenvalue weighted by molar-refractivity contribution is 1.31. The number of imidazole rings is 1. The molecule has 0 N–H and O–H groups in total. The molecule has 0 fully saturated rings. The van der Waals surface area contributed by atoms with E-state index >= 15 is 0 Å². The summed E-state index contributed by atoms with van der Waals surface area (Å²) in [5, 5.41) is 3.65. The monoisotopic (exact) mass is 346 g/mol. The Morgan fingerprint density at radius 2 is 1.50 bits per heavy atom.